The van der Waals surface area contributed by atoms with Gasteiger partial charge in [0.15, 0.2) is 11.5 Å². The van der Waals surface area contributed by atoms with E-state index >= 15 is 0 Å². The highest BCUT2D eigenvalue weighted by Gasteiger charge is 2.43. The molecule has 0 aliphatic carbocycles. The van der Waals surface area contributed by atoms with Crippen LogP contribution >= 0.6 is 0 Å². The summed E-state index contributed by atoms with van der Waals surface area (Å²) in [5.41, 5.74) is -0.132. The number of amides is 1. The lowest BCUT2D eigenvalue weighted by Gasteiger charge is -2.06. The van der Waals surface area contributed by atoms with Gasteiger partial charge < -0.3 is 14.8 Å². The minimum atomic E-state index is -3.72. The maximum atomic E-state index is 12.9. The van der Waals surface area contributed by atoms with Crippen molar-refractivity contribution in [2.75, 3.05) is 5.32 Å². The van der Waals surface area contributed by atoms with Gasteiger partial charge in [0.2, 0.25) is 0 Å². The molecule has 0 fully saturated rings. The highest BCUT2D eigenvalue weighted by molar-refractivity contribution is 6.02. The summed E-state index contributed by atoms with van der Waals surface area (Å²) < 4.78 is 35.4. The summed E-state index contributed by atoms with van der Waals surface area (Å²) >= 11 is 0. The van der Waals surface area contributed by atoms with Gasteiger partial charge in [-0.3, -0.25) is 9.59 Å². The molecular weight excluding hydrogens is 300 g/mol. The Labute approximate surface area is 122 Å². The molecule has 0 atom stereocenters. The maximum absolute atomic E-state index is 12.9. The minimum Gasteiger partial charge on any atom is -0.395 e. The zero-order valence-electron chi connectivity index (χ0n) is 11.2. The molecule has 1 N–H and O–H groups in total. The average Bonchev–Trinajstić information content (AvgIpc) is 2.75. The molecule has 7 nitrogen and oxygen atoms in total. The molecule has 1 aromatic carbocycles. The van der Waals surface area contributed by atoms with Gasteiger partial charge in [-0.25, -0.2) is 4.68 Å². The lowest BCUT2D eigenvalue weighted by atomic mass is 10.2. The van der Waals surface area contributed by atoms with Crippen molar-refractivity contribution in [1.82, 2.24) is 9.78 Å². The first-order chi connectivity index (χ1) is 10.3. The topological polar surface area (TPSA) is 82.5 Å². The maximum Gasteiger partial charge on any atom is 0.586 e. The van der Waals surface area contributed by atoms with E-state index in [4.69, 9.17) is 0 Å². The normalized spacial score (nSPS) is 14.7. The molecule has 3 rings (SSSR count). The second-order valence-corrected chi connectivity index (χ2v) is 4.46. The lowest BCUT2D eigenvalue weighted by Crippen LogP contribution is -2.25. The van der Waals surface area contributed by atoms with Gasteiger partial charge in [0.25, 0.3) is 11.5 Å². The van der Waals surface area contributed by atoms with E-state index in [1.807, 2.05) is 0 Å². The van der Waals surface area contributed by atoms with Crippen LogP contribution in [0.15, 0.2) is 35.1 Å². The molecule has 1 aliphatic rings. The van der Waals surface area contributed by atoms with Gasteiger partial charge in [0, 0.05) is 24.9 Å². The third-order valence-electron chi connectivity index (χ3n) is 2.85. The largest absolute Gasteiger partial charge is 0.586 e. The molecule has 0 radical (unpaired) electrons. The summed E-state index contributed by atoms with van der Waals surface area (Å²) in [6, 6.07) is 6.29. The van der Waals surface area contributed by atoms with E-state index in [1.54, 1.807) is 0 Å². The molecule has 0 unspecified atom stereocenters. The average molecular weight is 309 g/mol. The van der Waals surface area contributed by atoms with Crippen molar-refractivity contribution in [3.8, 4) is 11.5 Å². The molecule has 0 saturated heterocycles. The third kappa shape index (κ3) is 2.60. The van der Waals surface area contributed by atoms with Gasteiger partial charge >= 0.3 is 6.29 Å². The fourth-order valence-corrected chi connectivity index (χ4v) is 1.85. The molecule has 1 aliphatic heterocycles. The fourth-order valence-electron chi connectivity index (χ4n) is 1.85. The second-order valence-electron chi connectivity index (χ2n) is 4.46. The first-order valence-electron chi connectivity index (χ1n) is 6.10. The molecule has 2 aromatic rings. The van der Waals surface area contributed by atoms with Crippen molar-refractivity contribution in [2.24, 2.45) is 7.05 Å². The van der Waals surface area contributed by atoms with Gasteiger partial charge in [0.1, 0.15) is 5.69 Å². The van der Waals surface area contributed by atoms with Gasteiger partial charge in [-0.1, -0.05) is 0 Å². The number of rotatable bonds is 2. The summed E-state index contributed by atoms with van der Waals surface area (Å²) in [4.78, 5) is 23.2. The number of nitrogens with one attached hydrogen (secondary N) is 1. The number of ether oxygens (including phenoxy) is 2. The first kappa shape index (κ1) is 14.0. The highest BCUT2D eigenvalue weighted by Crippen LogP contribution is 2.42. The monoisotopic (exact) mass is 309 g/mol. The Bertz CT molecular complexity index is 819. The standard InChI is InChI=1S/C13H9F2N3O4/c1-18-11(19)5-3-8(17-18)12(20)16-7-2-4-9-10(6-7)22-13(14,15)21-9/h2-6H,1H3,(H,16,20). The van der Waals surface area contributed by atoms with Crippen molar-refractivity contribution in [2.45, 2.75) is 6.29 Å². The van der Waals surface area contributed by atoms with Crippen LogP contribution < -0.4 is 20.3 Å². The van der Waals surface area contributed by atoms with Crippen molar-refractivity contribution in [3.05, 3.63) is 46.4 Å². The Balaban J connectivity index is 1.81. The van der Waals surface area contributed by atoms with Crippen LogP contribution in [0.3, 0.4) is 0 Å². The van der Waals surface area contributed by atoms with Crippen molar-refractivity contribution >= 4 is 11.6 Å². The van der Waals surface area contributed by atoms with Gasteiger partial charge in [-0.15, -0.1) is 8.78 Å². The summed E-state index contributed by atoms with van der Waals surface area (Å²) in [6.45, 7) is 0. The summed E-state index contributed by atoms with van der Waals surface area (Å²) in [7, 11) is 1.40. The minimum absolute atomic E-state index is 0.00472. The number of carbonyl (C=O) groups excluding carboxylic acids is 1. The van der Waals surface area contributed by atoms with E-state index in [1.165, 1.54) is 37.4 Å². The predicted octanol–water partition coefficient (Wildman–Crippen LogP) is 1.35. The Morgan fingerprint density at radius 3 is 2.68 bits per heavy atom. The van der Waals surface area contributed by atoms with Crippen LogP contribution in [-0.2, 0) is 7.05 Å². The quantitative estimate of drug-likeness (QED) is 0.905. The Hall–Kier alpha value is -2.97. The molecule has 1 aromatic heterocycles. The van der Waals surface area contributed by atoms with E-state index < -0.39 is 12.2 Å². The molecule has 0 saturated carbocycles. The molecule has 114 valence electrons. The number of anilines is 1. The second kappa shape index (κ2) is 4.79. The molecular formula is C13H9F2N3O4. The SMILES string of the molecule is Cn1nc(C(=O)Nc2ccc3c(c2)OC(F)(F)O3)ccc1=O. The lowest BCUT2D eigenvalue weighted by molar-refractivity contribution is -0.286. The van der Waals surface area contributed by atoms with E-state index in [-0.39, 0.29) is 28.4 Å². The van der Waals surface area contributed by atoms with Crippen LogP contribution in [0.4, 0.5) is 14.5 Å². The van der Waals surface area contributed by atoms with Crippen LogP contribution in [0, 0.1) is 0 Å². The molecule has 9 heteroatoms. The number of hydrogen-bond donors (Lipinski definition) is 1. The smallest absolute Gasteiger partial charge is 0.395 e. The summed E-state index contributed by atoms with van der Waals surface area (Å²) in [5, 5.41) is 6.25. The van der Waals surface area contributed by atoms with Crippen molar-refractivity contribution in [3.63, 3.8) is 0 Å². The van der Waals surface area contributed by atoms with E-state index in [2.05, 4.69) is 19.9 Å². The molecule has 22 heavy (non-hydrogen) atoms. The number of aryl methyl sites for hydroxylation is 1. The number of halogens is 2. The van der Waals surface area contributed by atoms with Crippen molar-refractivity contribution in [1.29, 1.82) is 0 Å². The number of nitrogens with zero attached hydrogens (tertiary/aromatic N) is 2. The van der Waals surface area contributed by atoms with E-state index in [9.17, 15) is 18.4 Å². The predicted molar refractivity (Wildman–Crippen MR) is 70.1 cm³/mol. The van der Waals surface area contributed by atoms with Gasteiger partial charge in [0.05, 0.1) is 0 Å². The summed E-state index contributed by atoms with van der Waals surface area (Å²) in [6.07, 6.45) is -3.72. The fraction of sp³-hybridized carbons (Fsp3) is 0.154. The Morgan fingerprint density at radius 1 is 1.23 bits per heavy atom. The number of fused-ring (bicyclic) bond motifs is 1. The van der Waals surface area contributed by atoms with Gasteiger partial charge in [-0.2, -0.15) is 5.10 Å². The Morgan fingerprint density at radius 2 is 1.95 bits per heavy atom. The number of hydrogen-bond acceptors (Lipinski definition) is 5. The van der Waals surface area contributed by atoms with E-state index in [0.29, 0.717) is 0 Å². The zero-order valence-corrected chi connectivity index (χ0v) is 11.2. The van der Waals surface area contributed by atoms with Crippen molar-refractivity contribution < 1.29 is 23.0 Å². The number of benzene rings is 1. The number of alkyl halides is 2. The van der Waals surface area contributed by atoms with Crippen LogP contribution in [0.1, 0.15) is 10.5 Å². The van der Waals surface area contributed by atoms with E-state index in [0.717, 1.165) is 4.68 Å². The van der Waals surface area contributed by atoms with Gasteiger partial charge in [-0.05, 0) is 18.2 Å². The third-order valence-corrected chi connectivity index (χ3v) is 2.85. The number of aromatic nitrogens is 2. The highest BCUT2D eigenvalue weighted by atomic mass is 19.3. The molecule has 0 bridgehead atoms. The molecule has 2 heterocycles. The Kier molecular flexibility index (Phi) is 3.05. The number of carbonyl (C=O) groups is 1. The molecule has 1 amide bonds. The van der Waals surface area contributed by atoms with Crippen LogP contribution in [0.5, 0.6) is 11.5 Å². The van der Waals surface area contributed by atoms with Crippen LogP contribution in [-0.4, -0.2) is 22.0 Å². The molecule has 0 spiro atoms. The zero-order chi connectivity index (χ0) is 15.9. The first-order valence-corrected chi connectivity index (χ1v) is 6.10. The summed E-state index contributed by atoms with van der Waals surface area (Å²) in [5.74, 6) is -0.902. The van der Waals surface area contributed by atoms with Crippen LogP contribution in [0.2, 0.25) is 0 Å². The van der Waals surface area contributed by atoms with Crippen LogP contribution in [0.25, 0.3) is 0 Å².